The van der Waals surface area contributed by atoms with Crippen molar-refractivity contribution in [3.8, 4) is 0 Å². The number of quaternary nitrogens is 1. The predicted octanol–water partition coefficient (Wildman–Crippen LogP) is 0.300. The Morgan fingerprint density at radius 3 is 2.34 bits per heavy atom. The minimum absolute atomic E-state index is 0.0971. The zero-order valence-corrected chi connectivity index (χ0v) is 17.0. The van der Waals surface area contributed by atoms with E-state index in [1.54, 1.807) is 0 Å². The lowest BCUT2D eigenvalue weighted by molar-refractivity contribution is -0.896. The van der Waals surface area contributed by atoms with Crippen molar-refractivity contribution in [3.05, 3.63) is 65.5 Å². The molecule has 0 radical (unpaired) electrons. The smallest absolute Gasteiger partial charge is 0.278 e. The third-order valence-electron chi connectivity index (χ3n) is 5.77. The number of benzene rings is 2. The van der Waals surface area contributed by atoms with Crippen molar-refractivity contribution >= 4 is 15.9 Å². The van der Waals surface area contributed by atoms with E-state index < -0.39 is 15.8 Å². The van der Waals surface area contributed by atoms with E-state index >= 15 is 0 Å². The SMILES string of the molecule is O=C(C[NH+]1CCN(S(=O)(=O)c2ccccc2F)CC1)N1CCc2ccccc2C1. The first-order chi connectivity index (χ1) is 13.9. The molecule has 0 bridgehead atoms. The molecule has 4 rings (SSSR count). The lowest BCUT2D eigenvalue weighted by Crippen LogP contribution is -3.15. The molecule has 2 aliphatic rings. The number of halogens is 1. The summed E-state index contributed by atoms with van der Waals surface area (Å²) in [5, 5.41) is 0. The maximum Gasteiger partial charge on any atom is 0.278 e. The number of hydrogen-bond acceptors (Lipinski definition) is 3. The molecule has 0 atom stereocenters. The summed E-state index contributed by atoms with van der Waals surface area (Å²) in [7, 11) is -3.85. The Kier molecular flexibility index (Phi) is 5.67. The maximum atomic E-state index is 13.9. The van der Waals surface area contributed by atoms with Gasteiger partial charge in [0.15, 0.2) is 6.54 Å². The van der Waals surface area contributed by atoms with Gasteiger partial charge in [0.05, 0.1) is 26.2 Å². The molecule has 154 valence electrons. The van der Waals surface area contributed by atoms with Gasteiger partial charge in [0, 0.05) is 13.1 Å². The Morgan fingerprint density at radius 1 is 0.966 bits per heavy atom. The third kappa shape index (κ3) is 4.19. The van der Waals surface area contributed by atoms with Crippen molar-refractivity contribution in [1.29, 1.82) is 0 Å². The number of nitrogens with one attached hydrogen (secondary N) is 1. The van der Waals surface area contributed by atoms with Gasteiger partial charge < -0.3 is 9.80 Å². The number of piperazine rings is 1. The first kappa shape index (κ1) is 20.0. The summed E-state index contributed by atoms with van der Waals surface area (Å²) in [5.41, 5.74) is 2.50. The van der Waals surface area contributed by atoms with Crippen molar-refractivity contribution in [3.63, 3.8) is 0 Å². The van der Waals surface area contributed by atoms with Crippen molar-refractivity contribution in [2.45, 2.75) is 17.9 Å². The Bertz CT molecular complexity index is 1000. The Labute approximate surface area is 170 Å². The number of fused-ring (bicyclic) bond motifs is 1. The predicted molar refractivity (Wildman–Crippen MR) is 106 cm³/mol. The highest BCUT2D eigenvalue weighted by Crippen LogP contribution is 2.19. The van der Waals surface area contributed by atoms with Crippen molar-refractivity contribution in [2.24, 2.45) is 0 Å². The van der Waals surface area contributed by atoms with Crippen LogP contribution in [0.4, 0.5) is 4.39 Å². The van der Waals surface area contributed by atoms with E-state index in [0.29, 0.717) is 26.2 Å². The highest BCUT2D eigenvalue weighted by molar-refractivity contribution is 7.89. The Balaban J connectivity index is 1.33. The number of hydrogen-bond donors (Lipinski definition) is 1. The number of nitrogens with zero attached hydrogens (tertiary/aromatic N) is 2. The van der Waals surface area contributed by atoms with E-state index in [9.17, 15) is 17.6 Å². The average Bonchev–Trinajstić information content (AvgIpc) is 2.74. The van der Waals surface area contributed by atoms with Crippen LogP contribution >= 0.6 is 0 Å². The van der Waals surface area contributed by atoms with Gasteiger partial charge in [-0.1, -0.05) is 36.4 Å². The monoisotopic (exact) mass is 418 g/mol. The lowest BCUT2D eigenvalue weighted by Gasteiger charge is -2.33. The zero-order chi connectivity index (χ0) is 20.4. The zero-order valence-electron chi connectivity index (χ0n) is 16.2. The van der Waals surface area contributed by atoms with Crippen LogP contribution in [0.2, 0.25) is 0 Å². The molecule has 6 nitrogen and oxygen atoms in total. The maximum absolute atomic E-state index is 13.9. The van der Waals surface area contributed by atoms with Gasteiger partial charge in [0.25, 0.3) is 5.91 Å². The van der Waals surface area contributed by atoms with Crippen molar-refractivity contribution in [1.82, 2.24) is 9.21 Å². The van der Waals surface area contributed by atoms with E-state index in [4.69, 9.17) is 0 Å². The fraction of sp³-hybridized carbons (Fsp3) is 0.381. The van der Waals surface area contributed by atoms with Crippen molar-refractivity contribution < 1.29 is 22.5 Å². The molecule has 1 saturated heterocycles. The third-order valence-corrected chi connectivity index (χ3v) is 7.70. The van der Waals surface area contributed by atoms with E-state index in [1.165, 1.54) is 33.6 Å². The fourth-order valence-electron chi connectivity index (χ4n) is 4.05. The molecule has 2 aromatic carbocycles. The summed E-state index contributed by atoms with van der Waals surface area (Å²) in [4.78, 5) is 15.4. The molecular formula is C21H25FN3O3S+. The minimum atomic E-state index is -3.85. The largest absolute Gasteiger partial charge is 0.333 e. The van der Waals surface area contributed by atoms with Crippen LogP contribution in [0.1, 0.15) is 11.1 Å². The van der Waals surface area contributed by atoms with Gasteiger partial charge in [-0.15, -0.1) is 0 Å². The van der Waals surface area contributed by atoms with E-state index in [0.717, 1.165) is 23.9 Å². The standard InChI is InChI=1S/C21H24FN3O3S/c22-19-7-3-4-8-20(19)29(27,28)25-13-11-23(12-14-25)16-21(26)24-10-9-17-5-1-2-6-18(17)15-24/h1-8H,9-16H2/p+1. The molecular weight excluding hydrogens is 393 g/mol. The molecule has 2 aromatic rings. The second-order valence-corrected chi connectivity index (χ2v) is 9.50. The molecule has 1 fully saturated rings. The second kappa shape index (κ2) is 8.22. The van der Waals surface area contributed by atoms with E-state index in [2.05, 4.69) is 12.1 Å². The molecule has 2 heterocycles. The number of amides is 1. The minimum Gasteiger partial charge on any atom is -0.333 e. The number of sulfonamides is 1. The molecule has 1 amide bonds. The summed E-state index contributed by atoms with van der Waals surface area (Å²) in [6.07, 6.45) is 0.867. The van der Waals surface area contributed by atoms with Gasteiger partial charge in [-0.3, -0.25) is 4.79 Å². The normalized spacial score (nSPS) is 18.4. The Morgan fingerprint density at radius 2 is 1.62 bits per heavy atom. The van der Waals surface area contributed by atoms with Gasteiger partial charge in [-0.2, -0.15) is 4.31 Å². The summed E-state index contributed by atoms with van der Waals surface area (Å²) in [5.74, 6) is -0.636. The van der Waals surface area contributed by atoms with Crippen LogP contribution in [-0.4, -0.2) is 62.8 Å². The van der Waals surface area contributed by atoms with Gasteiger partial charge in [-0.25, -0.2) is 12.8 Å². The van der Waals surface area contributed by atoms with Crippen LogP contribution in [0.25, 0.3) is 0 Å². The molecule has 0 aromatic heterocycles. The average molecular weight is 419 g/mol. The topological polar surface area (TPSA) is 62.1 Å². The highest BCUT2D eigenvalue weighted by Gasteiger charge is 2.33. The highest BCUT2D eigenvalue weighted by atomic mass is 32.2. The van der Waals surface area contributed by atoms with Crippen molar-refractivity contribution in [2.75, 3.05) is 39.3 Å². The van der Waals surface area contributed by atoms with Gasteiger partial charge in [-0.05, 0) is 29.7 Å². The molecule has 0 unspecified atom stereocenters. The summed E-state index contributed by atoms with van der Waals surface area (Å²) < 4.78 is 40.7. The molecule has 0 saturated carbocycles. The molecule has 29 heavy (non-hydrogen) atoms. The van der Waals surface area contributed by atoms with Crippen LogP contribution in [0.15, 0.2) is 53.4 Å². The van der Waals surface area contributed by atoms with Gasteiger partial charge in [0.1, 0.15) is 10.7 Å². The second-order valence-electron chi connectivity index (χ2n) is 7.60. The molecule has 8 heteroatoms. The fourth-order valence-corrected chi connectivity index (χ4v) is 5.55. The van der Waals surface area contributed by atoms with Crippen LogP contribution in [0.5, 0.6) is 0 Å². The number of carbonyl (C=O) groups excluding carboxylic acids is 1. The van der Waals surface area contributed by atoms with Crippen LogP contribution in [-0.2, 0) is 27.8 Å². The Hall–Kier alpha value is -2.29. The number of carbonyl (C=O) groups is 1. The first-order valence-corrected chi connectivity index (χ1v) is 11.3. The molecule has 2 aliphatic heterocycles. The lowest BCUT2D eigenvalue weighted by atomic mass is 10.00. The van der Waals surface area contributed by atoms with Gasteiger partial charge in [0.2, 0.25) is 10.0 Å². The summed E-state index contributed by atoms with van der Waals surface area (Å²) >= 11 is 0. The molecule has 0 spiro atoms. The number of rotatable bonds is 4. The molecule has 0 aliphatic carbocycles. The molecule has 1 N–H and O–H groups in total. The van der Waals surface area contributed by atoms with Crippen LogP contribution < -0.4 is 4.90 Å². The quantitative estimate of drug-likeness (QED) is 0.777. The van der Waals surface area contributed by atoms with Crippen LogP contribution in [0.3, 0.4) is 0 Å². The summed E-state index contributed by atoms with van der Waals surface area (Å²) in [6, 6.07) is 13.6. The first-order valence-electron chi connectivity index (χ1n) is 9.88. The summed E-state index contributed by atoms with van der Waals surface area (Å²) in [6.45, 7) is 3.33. The van der Waals surface area contributed by atoms with E-state index in [1.807, 2.05) is 17.0 Å². The van der Waals surface area contributed by atoms with Gasteiger partial charge >= 0.3 is 0 Å². The van der Waals surface area contributed by atoms with Crippen LogP contribution in [0, 0.1) is 5.82 Å². The van der Waals surface area contributed by atoms with E-state index in [-0.39, 0.29) is 23.9 Å².